The van der Waals surface area contributed by atoms with Gasteiger partial charge in [0.05, 0.1) is 0 Å². The van der Waals surface area contributed by atoms with E-state index in [1.807, 2.05) is 0 Å². The fourth-order valence-corrected chi connectivity index (χ4v) is 0.258. The third-order valence-corrected chi connectivity index (χ3v) is 0.561. The Morgan fingerprint density at radius 3 is 2.75 bits per heavy atom. The summed E-state index contributed by atoms with van der Waals surface area (Å²) in [6.07, 6.45) is 1.86. The van der Waals surface area contributed by atoms with Crippen molar-refractivity contribution >= 4 is 12.0 Å². The first kappa shape index (κ1) is 7.05. The summed E-state index contributed by atoms with van der Waals surface area (Å²) in [7, 11) is 0. The van der Waals surface area contributed by atoms with Crippen LogP contribution in [0.2, 0.25) is 0 Å². The quantitative estimate of drug-likeness (QED) is 0.385. The molecule has 0 aromatic carbocycles. The monoisotopic (exact) mass is 112 g/mol. The van der Waals surface area contributed by atoms with E-state index >= 15 is 0 Å². The van der Waals surface area contributed by atoms with Gasteiger partial charge in [0.25, 0.3) is 5.91 Å². The number of aliphatic imine (C=N–C) groups is 1. The fraction of sp³-hybridized carbons (Fsp3) is 0.400. The molecule has 0 aliphatic rings. The molecule has 0 bridgehead atoms. The second-order valence-electron chi connectivity index (χ2n) is 1.20. The number of carbonyl (C=O) groups excluding carboxylic acids is 2. The van der Waals surface area contributed by atoms with Gasteiger partial charge in [-0.15, -0.1) is 4.99 Å². The van der Waals surface area contributed by atoms with E-state index in [0.717, 1.165) is 6.08 Å². The Morgan fingerprint density at radius 1 is 1.75 bits per heavy atom. The zero-order valence-electron chi connectivity index (χ0n) is 4.39. The van der Waals surface area contributed by atoms with Crippen molar-refractivity contribution in [3.63, 3.8) is 0 Å². The van der Waals surface area contributed by atoms with E-state index in [9.17, 15) is 9.59 Å². The molecule has 0 aromatic rings. The molecule has 0 aromatic heterocycles. The lowest BCUT2D eigenvalue weighted by molar-refractivity contribution is -0.117. The summed E-state index contributed by atoms with van der Waals surface area (Å²) in [5.41, 5.74) is 0. The number of hydrogen-bond acceptors (Lipinski definition) is 2. The fourth-order valence-electron chi connectivity index (χ4n) is 0.258. The molecule has 0 heterocycles. The van der Waals surface area contributed by atoms with Gasteiger partial charge in [0.1, 0.15) is 0 Å². The van der Waals surface area contributed by atoms with Crippen molar-refractivity contribution < 1.29 is 9.59 Å². The third kappa shape index (κ3) is 3.25. The largest absolute Gasteiger partial charge is 0.272 e. The Morgan fingerprint density at radius 2 is 2.38 bits per heavy atom. The van der Waals surface area contributed by atoms with Gasteiger partial charge in [0, 0.05) is 6.42 Å². The number of hydrogen-bond donors (Lipinski definition) is 0. The van der Waals surface area contributed by atoms with Crippen LogP contribution in [-0.4, -0.2) is 12.0 Å². The summed E-state index contributed by atoms with van der Waals surface area (Å²) < 4.78 is 0. The van der Waals surface area contributed by atoms with E-state index < -0.39 is 5.91 Å². The van der Waals surface area contributed by atoms with Crippen molar-refractivity contribution in [1.82, 2.24) is 0 Å². The highest BCUT2D eigenvalue weighted by Gasteiger charge is 1.92. The second kappa shape index (κ2) is 4.22. The van der Waals surface area contributed by atoms with E-state index in [1.165, 1.54) is 0 Å². The molecule has 3 heteroatoms. The van der Waals surface area contributed by atoms with Gasteiger partial charge in [0.2, 0.25) is 6.08 Å². The van der Waals surface area contributed by atoms with Crippen LogP contribution in [0.4, 0.5) is 0 Å². The Hall–Kier alpha value is -0.950. The van der Waals surface area contributed by atoms with Gasteiger partial charge in [-0.25, -0.2) is 4.79 Å². The van der Waals surface area contributed by atoms with E-state index in [4.69, 9.17) is 0 Å². The third-order valence-electron chi connectivity index (χ3n) is 0.561. The summed E-state index contributed by atoms with van der Waals surface area (Å²) >= 11 is 0. The molecule has 0 rings (SSSR count). The van der Waals surface area contributed by atoms with Crippen LogP contribution >= 0.6 is 0 Å². The van der Waals surface area contributed by atoms with Gasteiger partial charge in [-0.05, 0) is 6.42 Å². The average Bonchev–Trinajstić information content (AvgIpc) is 1.68. The van der Waals surface area contributed by atoms with Gasteiger partial charge in [-0.3, -0.25) is 4.79 Å². The molecular formula is C5H6NO2. The Bertz CT molecular complexity index is 124. The number of carbonyl (C=O) groups is 1. The van der Waals surface area contributed by atoms with Crippen LogP contribution in [0.3, 0.4) is 0 Å². The van der Waals surface area contributed by atoms with Crippen LogP contribution in [-0.2, 0) is 9.59 Å². The smallest absolute Gasteiger partial charge is 0.256 e. The van der Waals surface area contributed by atoms with E-state index in [1.54, 1.807) is 0 Å². The highest BCUT2D eigenvalue weighted by Crippen LogP contribution is 1.86. The SMILES string of the molecule is [CH2]CCC(=O)N=C=O. The molecule has 3 nitrogen and oxygen atoms in total. The Balaban J connectivity index is 3.49. The molecule has 0 fully saturated rings. The summed E-state index contributed by atoms with van der Waals surface area (Å²) in [5.74, 6) is -0.449. The first-order valence-electron chi connectivity index (χ1n) is 2.21. The molecule has 1 radical (unpaired) electrons. The minimum Gasteiger partial charge on any atom is -0.272 e. The van der Waals surface area contributed by atoms with Crippen molar-refractivity contribution in [2.24, 2.45) is 4.99 Å². The molecule has 8 heavy (non-hydrogen) atoms. The molecule has 0 spiro atoms. The summed E-state index contributed by atoms with van der Waals surface area (Å²) in [5, 5.41) is 0. The maximum atomic E-state index is 10.2. The van der Waals surface area contributed by atoms with Crippen molar-refractivity contribution in [1.29, 1.82) is 0 Å². The Kier molecular flexibility index (Phi) is 3.71. The standard InChI is InChI=1S/C5H6NO2/c1-2-3-5(8)6-4-7/h1-3H2. The lowest BCUT2D eigenvalue weighted by Crippen LogP contribution is -1.89. The van der Waals surface area contributed by atoms with E-state index in [-0.39, 0.29) is 6.42 Å². The molecular weight excluding hydrogens is 106 g/mol. The number of isocyanates is 1. The normalized spacial score (nSPS) is 7.62. The van der Waals surface area contributed by atoms with Crippen LogP contribution in [0.15, 0.2) is 4.99 Å². The lowest BCUT2D eigenvalue weighted by atomic mass is 10.3. The predicted octanol–water partition coefficient (Wildman–Crippen LogP) is 0.463. The topological polar surface area (TPSA) is 46.5 Å². The molecule has 1 amide bonds. The lowest BCUT2D eigenvalue weighted by Gasteiger charge is -1.80. The number of amides is 1. The minimum atomic E-state index is -0.449. The minimum absolute atomic E-state index is 0.231. The van der Waals surface area contributed by atoms with Crippen LogP contribution in [0.1, 0.15) is 12.8 Å². The molecule has 43 valence electrons. The second-order valence-corrected chi connectivity index (χ2v) is 1.20. The molecule has 0 atom stereocenters. The predicted molar refractivity (Wildman–Crippen MR) is 27.7 cm³/mol. The van der Waals surface area contributed by atoms with Crippen LogP contribution in [0, 0.1) is 6.92 Å². The van der Waals surface area contributed by atoms with Crippen molar-refractivity contribution in [2.75, 3.05) is 0 Å². The number of rotatable bonds is 2. The van der Waals surface area contributed by atoms with Crippen molar-refractivity contribution in [3.8, 4) is 0 Å². The van der Waals surface area contributed by atoms with Gasteiger partial charge >= 0.3 is 0 Å². The van der Waals surface area contributed by atoms with E-state index in [0.29, 0.717) is 6.42 Å². The van der Waals surface area contributed by atoms with Crippen LogP contribution in [0.25, 0.3) is 0 Å². The summed E-state index contributed by atoms with van der Waals surface area (Å²) in [6.45, 7) is 3.40. The van der Waals surface area contributed by atoms with Crippen LogP contribution in [0.5, 0.6) is 0 Å². The molecule has 0 aliphatic heterocycles. The maximum absolute atomic E-state index is 10.2. The van der Waals surface area contributed by atoms with Gasteiger partial charge in [0.15, 0.2) is 0 Å². The van der Waals surface area contributed by atoms with Gasteiger partial charge < -0.3 is 0 Å². The molecule has 0 saturated carbocycles. The molecule has 0 N–H and O–H groups in total. The van der Waals surface area contributed by atoms with Crippen molar-refractivity contribution in [2.45, 2.75) is 12.8 Å². The zero-order chi connectivity index (χ0) is 6.41. The molecule has 0 aliphatic carbocycles. The van der Waals surface area contributed by atoms with Gasteiger partial charge in [-0.2, -0.15) is 0 Å². The average molecular weight is 112 g/mol. The van der Waals surface area contributed by atoms with Crippen molar-refractivity contribution in [3.05, 3.63) is 6.92 Å². The molecule has 0 unspecified atom stereocenters. The first-order chi connectivity index (χ1) is 3.81. The van der Waals surface area contributed by atoms with Crippen LogP contribution < -0.4 is 0 Å². The first-order valence-corrected chi connectivity index (χ1v) is 2.21. The summed E-state index contributed by atoms with van der Waals surface area (Å²) in [4.78, 5) is 22.4. The summed E-state index contributed by atoms with van der Waals surface area (Å²) in [6, 6.07) is 0. The number of nitrogens with zero attached hydrogens (tertiary/aromatic N) is 1. The zero-order valence-corrected chi connectivity index (χ0v) is 4.39. The maximum Gasteiger partial charge on any atom is 0.256 e. The Labute approximate surface area is 47.4 Å². The van der Waals surface area contributed by atoms with E-state index in [2.05, 4.69) is 11.9 Å². The highest BCUT2D eigenvalue weighted by atomic mass is 16.2. The molecule has 0 saturated heterocycles. The highest BCUT2D eigenvalue weighted by molar-refractivity contribution is 5.81. The van der Waals surface area contributed by atoms with Gasteiger partial charge in [-0.1, -0.05) is 6.92 Å².